The van der Waals surface area contributed by atoms with Crippen LogP contribution in [-0.2, 0) is 4.79 Å². The lowest BCUT2D eigenvalue weighted by atomic mass is 10.2. The van der Waals surface area contributed by atoms with Crippen molar-refractivity contribution >= 4 is 17.3 Å². The second kappa shape index (κ2) is 5.44. The molecular weight excluding hydrogens is 250 g/mol. The van der Waals surface area contributed by atoms with E-state index in [1.165, 1.54) is 25.7 Å². The first kappa shape index (κ1) is 13.4. The number of amides is 1. The van der Waals surface area contributed by atoms with Crippen molar-refractivity contribution in [2.75, 3.05) is 24.1 Å². The number of nitrogen functional groups attached to an aromatic ring is 1. The summed E-state index contributed by atoms with van der Waals surface area (Å²) in [4.78, 5) is 14.6. The zero-order chi connectivity index (χ0) is 14.1. The summed E-state index contributed by atoms with van der Waals surface area (Å²) in [5, 5.41) is 3.01. The van der Waals surface area contributed by atoms with Crippen molar-refractivity contribution < 1.29 is 4.79 Å². The molecule has 0 radical (unpaired) electrons. The molecule has 20 heavy (non-hydrogen) atoms. The normalized spacial score (nSPS) is 18.3. The van der Waals surface area contributed by atoms with Crippen LogP contribution in [0.15, 0.2) is 18.2 Å². The van der Waals surface area contributed by atoms with Crippen molar-refractivity contribution in [2.24, 2.45) is 5.92 Å². The average molecular weight is 273 g/mol. The molecule has 108 valence electrons. The number of carbonyl (C=O) groups excluding carboxylic acids is 1. The third-order valence-corrected chi connectivity index (χ3v) is 4.12. The molecular formula is C16H23N3O. The van der Waals surface area contributed by atoms with Gasteiger partial charge in [0.1, 0.15) is 0 Å². The first-order chi connectivity index (χ1) is 9.61. The van der Waals surface area contributed by atoms with E-state index in [1.54, 1.807) is 0 Å². The van der Waals surface area contributed by atoms with E-state index in [4.69, 9.17) is 5.73 Å². The highest BCUT2D eigenvalue weighted by atomic mass is 16.2. The fourth-order valence-electron chi connectivity index (χ4n) is 2.62. The van der Waals surface area contributed by atoms with E-state index in [0.29, 0.717) is 12.6 Å². The van der Waals surface area contributed by atoms with E-state index in [1.807, 2.05) is 25.1 Å². The molecule has 2 saturated carbocycles. The number of nitrogens with zero attached hydrogens (tertiary/aromatic N) is 1. The van der Waals surface area contributed by atoms with E-state index >= 15 is 0 Å². The van der Waals surface area contributed by atoms with Gasteiger partial charge in [0.05, 0.1) is 6.54 Å². The van der Waals surface area contributed by atoms with Crippen LogP contribution in [0.25, 0.3) is 0 Å². The van der Waals surface area contributed by atoms with E-state index in [2.05, 4.69) is 10.2 Å². The zero-order valence-electron chi connectivity index (χ0n) is 12.1. The van der Waals surface area contributed by atoms with Gasteiger partial charge >= 0.3 is 0 Å². The van der Waals surface area contributed by atoms with Gasteiger partial charge in [0.15, 0.2) is 0 Å². The second-order valence-corrected chi connectivity index (χ2v) is 6.23. The van der Waals surface area contributed by atoms with Gasteiger partial charge in [-0.1, -0.05) is 0 Å². The standard InChI is InChI=1S/C16H23N3O/c1-11-8-13(17)4-7-15(11)18-16(20)10-19(14-5-6-14)9-12-2-3-12/h4,7-8,12,14H,2-3,5-6,9-10,17H2,1H3,(H,18,20). The van der Waals surface area contributed by atoms with Crippen LogP contribution in [0.5, 0.6) is 0 Å². The number of hydrogen-bond donors (Lipinski definition) is 2. The Balaban J connectivity index is 1.57. The Hall–Kier alpha value is -1.55. The summed E-state index contributed by atoms with van der Waals surface area (Å²) >= 11 is 0. The Morgan fingerprint density at radius 3 is 2.70 bits per heavy atom. The number of hydrogen-bond acceptors (Lipinski definition) is 3. The number of aryl methyl sites for hydroxylation is 1. The third kappa shape index (κ3) is 3.51. The topological polar surface area (TPSA) is 58.4 Å². The maximum absolute atomic E-state index is 12.2. The molecule has 4 nitrogen and oxygen atoms in total. The van der Waals surface area contributed by atoms with Gasteiger partial charge in [0.25, 0.3) is 0 Å². The van der Waals surface area contributed by atoms with Crippen LogP contribution in [0.3, 0.4) is 0 Å². The molecule has 0 aromatic heterocycles. The molecule has 3 rings (SSSR count). The lowest BCUT2D eigenvalue weighted by Crippen LogP contribution is -2.36. The first-order valence-electron chi connectivity index (χ1n) is 7.52. The molecule has 0 unspecified atom stereocenters. The lowest BCUT2D eigenvalue weighted by molar-refractivity contribution is -0.117. The SMILES string of the molecule is Cc1cc(N)ccc1NC(=O)CN(CC1CC1)C1CC1. The number of nitrogens with one attached hydrogen (secondary N) is 1. The van der Waals surface area contributed by atoms with Crippen LogP contribution in [0.4, 0.5) is 11.4 Å². The molecule has 4 heteroatoms. The minimum absolute atomic E-state index is 0.0884. The van der Waals surface area contributed by atoms with Gasteiger partial charge in [0, 0.05) is 24.0 Å². The summed E-state index contributed by atoms with van der Waals surface area (Å²) < 4.78 is 0. The van der Waals surface area contributed by atoms with Crippen molar-refractivity contribution in [3.8, 4) is 0 Å². The molecule has 0 saturated heterocycles. The Kier molecular flexibility index (Phi) is 3.66. The largest absolute Gasteiger partial charge is 0.399 e. The fourth-order valence-corrected chi connectivity index (χ4v) is 2.62. The predicted molar refractivity (Wildman–Crippen MR) is 81.5 cm³/mol. The highest BCUT2D eigenvalue weighted by Gasteiger charge is 2.34. The average Bonchev–Trinajstić information content (AvgIpc) is 3.25. The van der Waals surface area contributed by atoms with Crippen molar-refractivity contribution in [1.29, 1.82) is 0 Å². The predicted octanol–water partition coefficient (Wildman–Crippen LogP) is 2.39. The van der Waals surface area contributed by atoms with Gasteiger partial charge in [-0.15, -0.1) is 0 Å². The molecule has 1 aromatic carbocycles. The Bertz CT molecular complexity index is 506. The van der Waals surface area contributed by atoms with Crippen molar-refractivity contribution in [1.82, 2.24) is 4.90 Å². The molecule has 0 heterocycles. The van der Waals surface area contributed by atoms with Gasteiger partial charge in [-0.25, -0.2) is 0 Å². The second-order valence-electron chi connectivity index (χ2n) is 6.23. The van der Waals surface area contributed by atoms with Crippen LogP contribution in [-0.4, -0.2) is 29.9 Å². The minimum Gasteiger partial charge on any atom is -0.399 e. The van der Waals surface area contributed by atoms with Crippen LogP contribution >= 0.6 is 0 Å². The fraction of sp³-hybridized carbons (Fsp3) is 0.562. The summed E-state index contributed by atoms with van der Waals surface area (Å²) in [5.41, 5.74) is 8.34. The monoisotopic (exact) mass is 273 g/mol. The molecule has 2 fully saturated rings. The van der Waals surface area contributed by atoms with Crippen molar-refractivity contribution in [3.05, 3.63) is 23.8 Å². The van der Waals surface area contributed by atoms with E-state index < -0.39 is 0 Å². The minimum atomic E-state index is 0.0884. The number of nitrogens with two attached hydrogens (primary N) is 1. The number of rotatable bonds is 6. The number of benzene rings is 1. The summed E-state index contributed by atoms with van der Waals surface area (Å²) in [7, 11) is 0. The Morgan fingerprint density at radius 1 is 1.35 bits per heavy atom. The number of carbonyl (C=O) groups is 1. The molecule has 2 aliphatic rings. The maximum atomic E-state index is 12.2. The summed E-state index contributed by atoms with van der Waals surface area (Å²) in [6.07, 6.45) is 5.17. The van der Waals surface area contributed by atoms with Crippen LogP contribution < -0.4 is 11.1 Å². The zero-order valence-corrected chi connectivity index (χ0v) is 12.1. The molecule has 0 spiro atoms. The lowest BCUT2D eigenvalue weighted by Gasteiger charge is -2.21. The van der Waals surface area contributed by atoms with Gasteiger partial charge in [-0.3, -0.25) is 9.69 Å². The summed E-state index contributed by atoms with van der Waals surface area (Å²) in [6, 6.07) is 6.24. The third-order valence-electron chi connectivity index (χ3n) is 4.12. The molecule has 3 N–H and O–H groups in total. The quantitative estimate of drug-likeness (QED) is 0.782. The van der Waals surface area contributed by atoms with Crippen LogP contribution in [0, 0.1) is 12.8 Å². The van der Waals surface area contributed by atoms with Crippen LogP contribution in [0.2, 0.25) is 0 Å². The Labute approximate surface area is 120 Å². The molecule has 0 aliphatic heterocycles. The molecule has 0 bridgehead atoms. The van der Waals surface area contributed by atoms with Gasteiger partial charge < -0.3 is 11.1 Å². The molecule has 1 amide bonds. The summed E-state index contributed by atoms with van der Waals surface area (Å²) in [6.45, 7) is 3.58. The van der Waals surface area contributed by atoms with Crippen molar-refractivity contribution in [3.63, 3.8) is 0 Å². The van der Waals surface area contributed by atoms with E-state index in [0.717, 1.165) is 29.4 Å². The molecule has 1 aromatic rings. The molecule has 2 aliphatic carbocycles. The van der Waals surface area contributed by atoms with Crippen molar-refractivity contribution in [2.45, 2.75) is 38.6 Å². The van der Waals surface area contributed by atoms with Gasteiger partial charge in [0.2, 0.25) is 5.91 Å². The van der Waals surface area contributed by atoms with E-state index in [-0.39, 0.29) is 5.91 Å². The van der Waals surface area contributed by atoms with Gasteiger partial charge in [-0.05, 0) is 62.3 Å². The smallest absolute Gasteiger partial charge is 0.238 e. The maximum Gasteiger partial charge on any atom is 0.238 e. The van der Waals surface area contributed by atoms with Gasteiger partial charge in [-0.2, -0.15) is 0 Å². The molecule has 0 atom stereocenters. The Morgan fingerprint density at radius 2 is 2.10 bits per heavy atom. The highest BCUT2D eigenvalue weighted by molar-refractivity contribution is 5.93. The first-order valence-corrected chi connectivity index (χ1v) is 7.52. The van der Waals surface area contributed by atoms with E-state index in [9.17, 15) is 4.79 Å². The summed E-state index contributed by atoms with van der Waals surface area (Å²) in [5.74, 6) is 0.923. The number of anilines is 2. The van der Waals surface area contributed by atoms with Crippen LogP contribution in [0.1, 0.15) is 31.2 Å². The highest BCUT2D eigenvalue weighted by Crippen LogP contribution is 2.34.